The summed E-state index contributed by atoms with van der Waals surface area (Å²) in [7, 11) is 0. The van der Waals surface area contributed by atoms with E-state index in [4.69, 9.17) is 57.6 Å². The van der Waals surface area contributed by atoms with E-state index >= 15 is 0 Å². The van der Waals surface area contributed by atoms with Crippen LogP contribution < -0.4 is 66.3 Å². The maximum atomic E-state index is 14.0. The van der Waals surface area contributed by atoms with Crippen LogP contribution in [0.4, 0.5) is 0 Å². The van der Waals surface area contributed by atoms with Gasteiger partial charge in [-0.2, -0.15) is 0 Å². The molecule has 0 bridgehead atoms. The Bertz CT molecular complexity index is 5130. The van der Waals surface area contributed by atoms with Gasteiger partial charge in [0.15, 0.2) is 17.9 Å². The Balaban J connectivity index is 0.000000177. The SMILES string of the molecule is NC(N)=NCCC[C@@H]1N[C@H](CNC(=O)c2ccc3cc(Br)ccc3c2)CCN(CC(c2ccccc2)c2ccccc2)C1=O.NC(N)=NCCC[C@@H]1N[C@H](CNC(=O)c2ccc3ccccc3c2)CCN(CCc2ccc(Cl)c(Cl)c2)C1=O.NC(N)=NCCC[C@@H]1N[C@H](CNC(=O)c2ccc3ccccc3c2)CCN(CCc2ccccc2)C1=O. The fraction of sp³-hybridized carbons (Fsp3) is 0.323. The smallest absolute Gasteiger partial charge is 0.251 e. The highest BCUT2D eigenvalue weighted by molar-refractivity contribution is 9.10. The van der Waals surface area contributed by atoms with Gasteiger partial charge in [0.2, 0.25) is 17.7 Å². The molecular weight excluding hydrogens is 1620 g/mol. The fourth-order valence-electron chi connectivity index (χ4n) is 15.3. The third kappa shape index (κ3) is 27.3. The second-order valence-electron chi connectivity index (χ2n) is 30.5. The lowest BCUT2D eigenvalue weighted by atomic mass is 9.90. The molecule has 3 fully saturated rings. The molecule has 3 aliphatic rings. The van der Waals surface area contributed by atoms with E-state index in [1.54, 1.807) is 6.07 Å². The molecule has 10 aromatic rings. The van der Waals surface area contributed by atoms with Gasteiger partial charge in [-0.1, -0.05) is 209 Å². The summed E-state index contributed by atoms with van der Waals surface area (Å²) in [4.78, 5) is 97.9. The van der Waals surface area contributed by atoms with Crippen molar-refractivity contribution >= 4 is 125 Å². The summed E-state index contributed by atoms with van der Waals surface area (Å²) < 4.78 is 0.997. The molecule has 0 unspecified atom stereocenters. The van der Waals surface area contributed by atoms with Crippen LogP contribution in [0.2, 0.25) is 10.0 Å². The molecule has 10 aromatic carbocycles. The first-order valence-corrected chi connectivity index (χ1v) is 42.6. The third-order valence-corrected chi connectivity index (χ3v) is 23.0. The fourth-order valence-corrected chi connectivity index (χ4v) is 16.0. The van der Waals surface area contributed by atoms with Gasteiger partial charge in [0.1, 0.15) is 0 Å². The number of rotatable bonds is 31. The molecule has 3 heterocycles. The Morgan fingerprint density at radius 3 is 1.17 bits per heavy atom. The predicted octanol–water partition coefficient (Wildman–Crippen LogP) is 10.9. The van der Waals surface area contributed by atoms with Gasteiger partial charge >= 0.3 is 0 Å². The average Bonchev–Trinajstić information content (AvgIpc) is 1.50. The van der Waals surface area contributed by atoms with Gasteiger partial charge in [0.05, 0.1) is 28.2 Å². The van der Waals surface area contributed by atoms with Crippen LogP contribution in [0, 0.1) is 0 Å². The van der Waals surface area contributed by atoms with Crippen LogP contribution in [-0.2, 0) is 27.2 Å². The van der Waals surface area contributed by atoms with Gasteiger partial charge in [0.25, 0.3) is 17.7 Å². The highest BCUT2D eigenvalue weighted by Gasteiger charge is 2.35. The largest absolute Gasteiger partial charge is 0.370 e. The van der Waals surface area contributed by atoms with Crippen LogP contribution in [0.15, 0.2) is 250 Å². The first-order chi connectivity index (χ1) is 58.2. The van der Waals surface area contributed by atoms with Crippen molar-refractivity contribution in [2.75, 3.05) is 78.5 Å². The number of carbonyl (C=O) groups excluding carboxylic acids is 6. The Labute approximate surface area is 720 Å². The Kier molecular flexibility index (Phi) is 34.0. The van der Waals surface area contributed by atoms with Crippen molar-refractivity contribution in [2.45, 2.75) is 113 Å². The van der Waals surface area contributed by atoms with E-state index < -0.39 is 12.1 Å². The minimum Gasteiger partial charge on any atom is -0.370 e. The van der Waals surface area contributed by atoms with Crippen LogP contribution in [0.3, 0.4) is 0 Å². The molecule has 0 spiro atoms. The number of nitrogens with one attached hydrogen (secondary N) is 6. The number of halogens is 3. The second kappa shape index (κ2) is 45.6. The van der Waals surface area contributed by atoms with Crippen molar-refractivity contribution in [1.29, 1.82) is 0 Å². The summed E-state index contributed by atoms with van der Waals surface area (Å²) in [6.07, 6.45) is 7.39. The summed E-state index contributed by atoms with van der Waals surface area (Å²) in [5.41, 5.74) is 39.2. The number of nitrogens with two attached hydrogens (primary N) is 6. The second-order valence-corrected chi connectivity index (χ2v) is 32.2. The lowest BCUT2D eigenvalue weighted by Gasteiger charge is -2.29. The Morgan fingerprint density at radius 2 is 0.750 bits per heavy atom. The summed E-state index contributed by atoms with van der Waals surface area (Å²) in [6, 6.07) is 74.0. The zero-order chi connectivity index (χ0) is 84.7. The van der Waals surface area contributed by atoms with E-state index in [0.29, 0.717) is 163 Å². The number of nitrogens with zero attached hydrogens (tertiary/aromatic N) is 6. The van der Waals surface area contributed by atoms with Crippen molar-refractivity contribution in [3.8, 4) is 0 Å². The molecule has 0 saturated carbocycles. The van der Waals surface area contributed by atoms with E-state index in [1.165, 1.54) is 16.7 Å². The summed E-state index contributed by atoms with van der Waals surface area (Å²) in [5, 5.41) is 27.1. The van der Waals surface area contributed by atoms with Gasteiger partial charge in [-0.25, -0.2) is 0 Å². The molecule has 3 aliphatic heterocycles. The van der Waals surface area contributed by atoms with Crippen LogP contribution in [0.5, 0.6) is 0 Å². The average molecular weight is 1730 g/mol. The molecule has 120 heavy (non-hydrogen) atoms. The molecule has 18 N–H and O–H groups in total. The Morgan fingerprint density at radius 1 is 0.400 bits per heavy atom. The van der Waals surface area contributed by atoms with Crippen LogP contribution in [-0.4, -0.2) is 183 Å². The number of benzene rings is 10. The molecule has 0 radical (unpaired) electrons. The molecule has 27 heteroatoms. The van der Waals surface area contributed by atoms with E-state index in [1.807, 2.05) is 203 Å². The maximum absolute atomic E-state index is 14.0. The molecule has 628 valence electrons. The number of hydrogen-bond acceptors (Lipinski definition) is 12. The van der Waals surface area contributed by atoms with Crippen molar-refractivity contribution in [3.63, 3.8) is 0 Å². The lowest BCUT2D eigenvalue weighted by Crippen LogP contribution is -2.49. The van der Waals surface area contributed by atoms with Gasteiger partial charge < -0.3 is 81.0 Å². The van der Waals surface area contributed by atoms with Gasteiger partial charge in [-0.15, -0.1) is 0 Å². The van der Waals surface area contributed by atoms with E-state index in [-0.39, 0.29) is 83.4 Å². The zero-order valence-corrected chi connectivity index (χ0v) is 70.6. The molecule has 0 aliphatic carbocycles. The number of fused-ring (bicyclic) bond motifs is 3. The zero-order valence-electron chi connectivity index (χ0n) is 67.5. The third-order valence-electron chi connectivity index (χ3n) is 21.8. The molecule has 0 aromatic heterocycles. The highest BCUT2D eigenvalue weighted by atomic mass is 79.9. The molecule has 13 rings (SSSR count). The topological polar surface area (TPSA) is 378 Å². The lowest BCUT2D eigenvalue weighted by molar-refractivity contribution is -0.133. The molecule has 3 saturated heterocycles. The summed E-state index contributed by atoms with van der Waals surface area (Å²) in [6.45, 7) is 6.19. The van der Waals surface area contributed by atoms with Crippen molar-refractivity contribution in [2.24, 2.45) is 49.4 Å². The highest BCUT2D eigenvalue weighted by Crippen LogP contribution is 2.30. The summed E-state index contributed by atoms with van der Waals surface area (Å²) in [5.74, 6) is -0.0516. The van der Waals surface area contributed by atoms with E-state index in [0.717, 1.165) is 55.2 Å². The van der Waals surface area contributed by atoms with E-state index in [9.17, 15) is 28.8 Å². The van der Waals surface area contributed by atoms with Crippen molar-refractivity contribution in [1.82, 2.24) is 46.6 Å². The first kappa shape index (κ1) is 89.3. The van der Waals surface area contributed by atoms with Crippen LogP contribution >= 0.6 is 39.1 Å². The van der Waals surface area contributed by atoms with Crippen molar-refractivity contribution in [3.05, 3.63) is 284 Å². The standard InChI is InChI=1S/C35H39BrN6O2.C29H34Cl2N6O2.C29H36N6O2/c36-29-16-15-26-20-28(14-13-27(26)21-29)33(43)40-22-30-17-19-42(34(44)32(41-30)12-7-18-39-35(37)38)23-31(24-8-3-1-4-9-24)25-10-5-2-6-11-25;30-24-10-7-19(16-25(24)31)11-14-37-15-12-23(36-26(28(37)39)6-3-13-34-29(32)33)18-35-27(38)22-9-8-20-4-1-2-5-21(20)17-22;30-29(31)32-16-6-11-26-28(37)35(17-14-21-7-2-1-3-8-21)18-15-25(34-26)20-33-27(36)24-13-12-22-9-4-5-10-23(22)19-24/h1-6,8-11,13-16,20-21,30-32,41H,7,12,17-19,22-23H2,(H,40,43)(H4,37,38,39);1-2,4-5,7-10,16-17,23,26,36H,3,6,11-15,18H2,(H,35,38)(H4,32,33,34);1-5,7-10,12-13,19,25-26,34H,6,11,14-18,20H2,(H,33,36)(H4,30,31,32)/t30-,32-;23-,26-;25-,26-/m000/s1. The normalized spacial score (nSPS) is 17.4. The van der Waals surface area contributed by atoms with E-state index in [2.05, 4.69) is 99.2 Å². The molecular formula is C93H109BrCl2N18O6. The number of amides is 6. The minimum atomic E-state index is -0.417. The predicted molar refractivity (Wildman–Crippen MR) is 487 cm³/mol. The molecule has 6 atom stereocenters. The monoisotopic (exact) mass is 1720 g/mol. The summed E-state index contributed by atoms with van der Waals surface area (Å²) >= 11 is 15.7. The minimum absolute atomic E-state index is 0.0249. The van der Waals surface area contributed by atoms with Gasteiger partial charge in [-0.05, 0) is 186 Å². The quantitative estimate of drug-likeness (QED) is 0.0109. The number of hydrogen-bond donors (Lipinski definition) is 12. The number of carbonyl (C=O) groups is 6. The molecule has 24 nitrogen and oxygen atoms in total. The van der Waals surface area contributed by atoms with Crippen LogP contribution in [0.1, 0.15) is 117 Å². The van der Waals surface area contributed by atoms with Crippen molar-refractivity contribution < 1.29 is 28.8 Å². The molecule has 6 amide bonds. The van der Waals surface area contributed by atoms with Crippen LogP contribution in [0.25, 0.3) is 32.3 Å². The maximum Gasteiger partial charge on any atom is 0.251 e. The van der Waals surface area contributed by atoms with Gasteiger partial charge in [0, 0.05) is 124 Å². The number of aliphatic imine (C=N–C) groups is 3. The van der Waals surface area contributed by atoms with Gasteiger partial charge in [-0.3, -0.25) is 43.7 Å². The Hall–Kier alpha value is -11.5. The first-order valence-electron chi connectivity index (χ1n) is 41.1. The number of guanidine groups is 3.